The van der Waals surface area contributed by atoms with Crippen molar-refractivity contribution in [2.45, 2.75) is 105 Å². The molecule has 0 amide bonds. The van der Waals surface area contributed by atoms with Crippen LogP contribution in [0.2, 0.25) is 0 Å². The number of hydrogen-bond acceptors (Lipinski definition) is 2. The summed E-state index contributed by atoms with van der Waals surface area (Å²) in [5.74, 6) is 0.804. The van der Waals surface area contributed by atoms with E-state index in [2.05, 4.69) is 268 Å². The molecule has 2 heterocycles. The summed E-state index contributed by atoms with van der Waals surface area (Å²) in [4.78, 5) is 0. The quantitative estimate of drug-likeness (QED) is 0.135. The van der Waals surface area contributed by atoms with Gasteiger partial charge in [0.2, 0.25) is 0 Å². The number of fused-ring (bicyclic) bond motifs is 5. The minimum absolute atomic E-state index is 0.0539. The first-order chi connectivity index (χ1) is 36.0. The highest BCUT2D eigenvalue weighted by molar-refractivity contribution is 6.20. The molecule has 8 aromatic carbocycles. The van der Waals surface area contributed by atoms with Crippen LogP contribution < -0.4 is 4.74 Å². The van der Waals surface area contributed by atoms with E-state index in [1.807, 2.05) is 24.3 Å². The molecule has 4 heteroatoms. The maximum Gasteiger partial charge on any atom is 0.119 e. The number of ether oxygens (including phenoxy) is 1. The second-order valence-electron chi connectivity index (χ2n) is 24.8. The van der Waals surface area contributed by atoms with Crippen molar-refractivity contribution in [3.8, 4) is 45.4 Å². The van der Waals surface area contributed by atoms with Crippen LogP contribution in [0.4, 0.5) is 0 Å². The van der Waals surface area contributed by atoms with E-state index in [-0.39, 0.29) is 21.7 Å². The van der Waals surface area contributed by atoms with E-state index < -0.39 is 0 Å². The van der Waals surface area contributed by atoms with E-state index in [0.717, 1.165) is 83.3 Å². The Bertz CT molecular complexity index is 3820. The average Bonchev–Trinajstić information content (AvgIpc) is 4.00. The molecule has 0 aliphatic rings. The number of aromatic nitrogens is 2. The molecular weight excluding hydrogens is 923 g/mol. The Morgan fingerprint density at radius 2 is 0.697 bits per heavy atom. The maximum absolute atomic E-state index is 9.86. The van der Waals surface area contributed by atoms with Crippen molar-refractivity contribution in [3.05, 3.63) is 220 Å². The van der Waals surface area contributed by atoms with Gasteiger partial charge in [0.1, 0.15) is 5.75 Å². The van der Waals surface area contributed by atoms with Crippen molar-refractivity contribution in [1.82, 2.24) is 9.13 Å². The van der Waals surface area contributed by atoms with Gasteiger partial charge in [0.15, 0.2) is 0 Å². The number of hydrogen-bond donors (Lipinski definition) is 0. The minimum Gasteiger partial charge on any atom is -0.497 e. The molecule has 0 spiro atoms. The fourth-order valence-corrected chi connectivity index (χ4v) is 10.3. The van der Waals surface area contributed by atoms with E-state index in [1.54, 1.807) is 7.11 Å². The smallest absolute Gasteiger partial charge is 0.119 e. The van der Waals surface area contributed by atoms with Gasteiger partial charge in [0.05, 0.1) is 40.8 Å². The molecule has 0 saturated heterocycles. The van der Waals surface area contributed by atoms with Crippen LogP contribution in [-0.2, 0) is 21.7 Å². The normalized spacial score (nSPS) is 12.7. The zero-order chi connectivity index (χ0) is 53.9. The molecule has 10 rings (SSSR count). The van der Waals surface area contributed by atoms with E-state index in [0.29, 0.717) is 5.56 Å². The molecule has 0 atom stereocenters. The zero-order valence-corrected chi connectivity index (χ0v) is 46.7. The third kappa shape index (κ3) is 10.3. The summed E-state index contributed by atoms with van der Waals surface area (Å²) in [6, 6.07) is 64.3. The second-order valence-corrected chi connectivity index (χ2v) is 24.8. The second kappa shape index (κ2) is 19.5. The number of methoxy groups -OCH3 is 1. The molecule has 0 fully saturated rings. The Morgan fingerprint density at radius 1 is 0.368 bits per heavy atom. The number of rotatable bonds is 9. The Balaban J connectivity index is 1.07. The lowest BCUT2D eigenvalue weighted by Gasteiger charge is -2.25. The predicted molar refractivity (Wildman–Crippen MR) is 325 cm³/mol. The predicted octanol–water partition coefficient (Wildman–Crippen LogP) is 19.5. The fourth-order valence-electron chi connectivity index (χ4n) is 10.3. The molecule has 10 aromatic rings. The van der Waals surface area contributed by atoms with Crippen molar-refractivity contribution >= 4 is 57.1 Å². The highest BCUT2D eigenvalue weighted by Crippen LogP contribution is 2.44. The summed E-state index contributed by atoms with van der Waals surface area (Å²) >= 11 is 0. The van der Waals surface area contributed by atoms with Crippen LogP contribution in [0, 0.1) is 11.3 Å². The van der Waals surface area contributed by atoms with E-state index in [9.17, 15) is 5.26 Å². The molecule has 0 unspecified atom stereocenters. The Hall–Kier alpha value is -8.13. The highest BCUT2D eigenvalue weighted by Gasteiger charge is 2.25. The Labute approximate surface area is 451 Å². The summed E-state index contributed by atoms with van der Waals surface area (Å²) in [5, 5.41) is 12.1. The van der Waals surface area contributed by atoms with E-state index in [4.69, 9.17) is 4.74 Å². The number of nitrogens with zero attached hydrogens (tertiary/aromatic N) is 3. The Morgan fingerprint density at radius 3 is 1.03 bits per heavy atom. The van der Waals surface area contributed by atoms with Gasteiger partial charge in [-0.25, -0.2) is 0 Å². The summed E-state index contributed by atoms with van der Waals surface area (Å²) < 4.78 is 10.5. The van der Waals surface area contributed by atoms with Crippen molar-refractivity contribution in [2.24, 2.45) is 0 Å². The molecular formula is C72H71N3O. The van der Waals surface area contributed by atoms with Crippen LogP contribution in [0.15, 0.2) is 170 Å². The third-order valence-corrected chi connectivity index (χ3v) is 15.0. The van der Waals surface area contributed by atoms with Crippen LogP contribution in [0.3, 0.4) is 0 Å². The van der Waals surface area contributed by atoms with Crippen LogP contribution in [0.25, 0.3) is 90.8 Å². The lowest BCUT2D eigenvalue weighted by Crippen LogP contribution is -2.16. The van der Waals surface area contributed by atoms with Gasteiger partial charge in [-0.2, -0.15) is 5.26 Å². The van der Waals surface area contributed by atoms with Crippen molar-refractivity contribution in [1.29, 1.82) is 5.26 Å². The number of nitriles is 1. The topological polar surface area (TPSA) is 42.9 Å². The van der Waals surface area contributed by atoms with Crippen molar-refractivity contribution < 1.29 is 4.74 Å². The fraction of sp³-hybridized carbons (Fsp3) is 0.236. The van der Waals surface area contributed by atoms with Gasteiger partial charge in [0.25, 0.3) is 0 Å². The zero-order valence-electron chi connectivity index (χ0n) is 46.7. The third-order valence-electron chi connectivity index (χ3n) is 15.0. The first-order valence-corrected chi connectivity index (χ1v) is 26.7. The van der Waals surface area contributed by atoms with Gasteiger partial charge in [-0.15, -0.1) is 0 Å². The van der Waals surface area contributed by atoms with Crippen molar-refractivity contribution in [3.63, 3.8) is 0 Å². The average molecular weight is 994 g/mol. The van der Waals surface area contributed by atoms with Crippen molar-refractivity contribution in [2.75, 3.05) is 7.11 Å². The lowest BCUT2D eigenvalue weighted by molar-refractivity contribution is 0.415. The Kier molecular flexibility index (Phi) is 13.2. The molecule has 0 radical (unpaired) electrons. The molecule has 380 valence electrons. The summed E-state index contributed by atoms with van der Waals surface area (Å²) in [5.41, 5.74) is 21.9. The number of benzene rings is 8. The van der Waals surface area contributed by atoms with Crippen LogP contribution >= 0.6 is 0 Å². The summed E-state index contributed by atoms with van der Waals surface area (Å²) in [7, 11) is 1.71. The first kappa shape index (κ1) is 51.4. The molecule has 0 aliphatic carbocycles. The molecule has 4 nitrogen and oxygen atoms in total. The van der Waals surface area contributed by atoms with Gasteiger partial charge >= 0.3 is 0 Å². The van der Waals surface area contributed by atoms with E-state index >= 15 is 0 Å². The van der Waals surface area contributed by atoms with Gasteiger partial charge in [-0.3, -0.25) is 0 Å². The SMILES string of the molecule is COc1ccc(-n2c3cc(-c4ccc(/C=C/c5cc(C(C)(C)C)cc(C(C)(C)C)c5)cc4)ccc3c3c2c2ccc(-c4ccc(/C=C/c5cc(C(C)(C)C)cc(C(C)(C)C)c5)cc4)cc2n3-c2ccc(C#N)cc2)cc1. The monoisotopic (exact) mass is 994 g/mol. The van der Waals surface area contributed by atoms with Crippen LogP contribution in [0.5, 0.6) is 5.75 Å². The van der Waals surface area contributed by atoms with Gasteiger partial charge < -0.3 is 13.9 Å². The summed E-state index contributed by atoms with van der Waals surface area (Å²) in [6.07, 6.45) is 8.95. The molecule has 0 bridgehead atoms. The summed E-state index contributed by atoms with van der Waals surface area (Å²) in [6.45, 7) is 27.4. The lowest BCUT2D eigenvalue weighted by atomic mass is 9.79. The minimum atomic E-state index is 0.0539. The maximum atomic E-state index is 9.86. The first-order valence-electron chi connectivity index (χ1n) is 26.7. The largest absolute Gasteiger partial charge is 0.497 e. The highest BCUT2D eigenvalue weighted by atomic mass is 16.5. The van der Waals surface area contributed by atoms with Crippen LogP contribution in [-0.4, -0.2) is 16.2 Å². The molecule has 0 N–H and O–H groups in total. The molecule has 2 aromatic heterocycles. The van der Waals surface area contributed by atoms with E-state index in [1.165, 1.54) is 33.4 Å². The molecule has 0 aliphatic heterocycles. The van der Waals surface area contributed by atoms with Gasteiger partial charge in [-0.05, 0) is 149 Å². The molecule has 0 saturated carbocycles. The van der Waals surface area contributed by atoms with Crippen LogP contribution in [0.1, 0.15) is 133 Å². The molecule has 76 heavy (non-hydrogen) atoms. The standard InChI is InChI=1S/C72H71N3O/c1-69(2,3)56-38-50(39-57(44-56)70(4,5)6)16-14-47-18-24-52(25-19-47)54-28-36-63-65(42-54)74(60-30-22-49(46-73)23-31-60)67-64-37-29-55(43-66(64)75(68(63)67)61-32-34-62(76-13)35-33-61)53-26-20-48(21-27-53)15-17-51-40-58(71(7,8)9)45-59(41-51)72(10,11)12/h14-45H,1-13H3/b16-14+,17-15+. The van der Waals surface area contributed by atoms with Gasteiger partial charge in [0, 0.05) is 22.1 Å². The van der Waals surface area contributed by atoms with Gasteiger partial charge in [-0.1, -0.05) is 217 Å².